The van der Waals surface area contributed by atoms with Crippen LogP contribution in [0.2, 0.25) is 0 Å². The van der Waals surface area contributed by atoms with Crippen LogP contribution in [0.15, 0.2) is 114 Å². The fourth-order valence-electron chi connectivity index (χ4n) is 6.54. The maximum atomic E-state index is 12.8. The van der Waals surface area contributed by atoms with E-state index in [1.165, 1.54) is 37.5 Å². The molecule has 0 aliphatic carbocycles. The fraction of sp³-hybridized carbons (Fsp3) is 0.560. The molecule has 73 heavy (non-hydrogen) atoms. The number of anilines is 1. The topological polar surface area (TPSA) is 326 Å². The molecule has 0 bridgehead atoms. The van der Waals surface area contributed by atoms with Crippen LogP contribution < -0.4 is 11.4 Å². The second-order valence-electron chi connectivity index (χ2n) is 16.8. The summed E-state index contributed by atoms with van der Waals surface area (Å²) in [6.07, 6.45) is 28.6. The summed E-state index contributed by atoms with van der Waals surface area (Å²) < 4.78 is 56.4. The molecule has 1 aromatic heterocycles. The van der Waals surface area contributed by atoms with Crippen LogP contribution in [0.4, 0.5) is 5.82 Å². The molecule has 1 aromatic rings. The molecule has 0 radical (unpaired) electrons. The number of carbonyl (C=O) groups excluding carboxylic acids is 2. The summed E-state index contributed by atoms with van der Waals surface area (Å²) in [7, 11) is -11.0. The highest BCUT2D eigenvalue weighted by molar-refractivity contribution is 7.61. The van der Waals surface area contributed by atoms with Gasteiger partial charge in [0.2, 0.25) is 0 Å². The Balaban J connectivity index is 1.92. The highest BCUT2D eigenvalue weighted by Crippen LogP contribution is 2.60. The van der Waals surface area contributed by atoms with E-state index in [4.69, 9.17) is 29.0 Å². The fourth-order valence-corrected chi connectivity index (χ4v) is 8.65. The van der Waals surface area contributed by atoms with Gasteiger partial charge in [-0.25, -0.2) is 13.9 Å². The number of hydrogen-bond donors (Lipinski definition) is 8. The summed E-state index contributed by atoms with van der Waals surface area (Å²) in [4.78, 5) is 61.9. The molecule has 10 atom stereocenters. The summed E-state index contributed by atoms with van der Waals surface area (Å²) in [6, 6.07) is 1.22. The number of carbonyl (C=O) groups is 2. The van der Waals surface area contributed by atoms with Crippen molar-refractivity contribution in [3.05, 3.63) is 120 Å². The third-order valence-corrected chi connectivity index (χ3v) is 13.1. The van der Waals surface area contributed by atoms with Gasteiger partial charge in [-0.15, -0.1) is 0 Å². The van der Waals surface area contributed by atoms with Gasteiger partial charge < -0.3 is 55.3 Å². The molecule has 21 nitrogen and oxygen atoms in total. The Bertz CT molecular complexity index is 2160. The van der Waals surface area contributed by atoms with Crippen LogP contribution in [0.1, 0.15) is 116 Å². The predicted molar refractivity (Wildman–Crippen MR) is 274 cm³/mol. The SMILES string of the molecule is CC/C=C\C[C@@H](O)/C=C/C=C/C=C\C=C/[C@H](O)[C@@H](O)CCCC(=O)OC[C@H](COP(=O)(O)OP(=O)(O)OC[C@H]1O[C@@H](n2ccc(N)nc2=O)[C@H](O)[C@@H]1O)OC(=O)CCCC/C=C\C/C=C\C/C=C\CCCCC. The zero-order chi connectivity index (χ0) is 53.9. The van der Waals surface area contributed by atoms with Crippen molar-refractivity contribution in [2.75, 3.05) is 25.6 Å². The Morgan fingerprint density at radius 1 is 0.781 bits per heavy atom. The Kier molecular flexibility index (Phi) is 33.1. The maximum absolute atomic E-state index is 12.8. The van der Waals surface area contributed by atoms with Crippen LogP contribution in [-0.4, -0.2) is 119 Å². The van der Waals surface area contributed by atoms with Gasteiger partial charge in [-0.1, -0.05) is 124 Å². The summed E-state index contributed by atoms with van der Waals surface area (Å²) in [5.74, 6) is -1.71. The standard InChI is InChI=1S/C50H77N3O18P2/c1-3-5-7-8-9-10-11-12-13-14-15-16-17-22-26-32-46(58)69-40(36-66-45(57)33-27-31-42(56)41(55)30-25-21-19-18-20-24-29-39(54)28-23-6-4-2)37-67-72(62,63)71-73(64,65)68-38-43-47(59)48(60)49(70-43)53-35-34-44(51)52-50(53)61/h6,9-10,12-13,15-16,18-21,23-25,29-30,34-35,39-43,47-49,54-56,59-60H,3-5,7-8,11,14,17,22,26-28,31-33,36-38H2,1-2H3,(H,62,63)(H,64,65)(H2,51,52,61)/b10-9-,13-12-,16-15-,20-18+,21-19-,23-6-,29-24+,30-25-/t39-,40-,41+,42+,43-,47-,48-,49-/m1/s1. The lowest BCUT2D eigenvalue weighted by Gasteiger charge is -2.21. The number of phosphoric ester groups is 2. The zero-order valence-electron chi connectivity index (χ0n) is 41.7. The van der Waals surface area contributed by atoms with E-state index in [-0.39, 0.29) is 31.5 Å². The van der Waals surface area contributed by atoms with Crippen molar-refractivity contribution in [1.82, 2.24) is 9.55 Å². The minimum atomic E-state index is -5.52. The number of nitrogen functional groups attached to an aromatic ring is 1. The van der Waals surface area contributed by atoms with Crippen LogP contribution in [0, 0.1) is 0 Å². The van der Waals surface area contributed by atoms with Crippen molar-refractivity contribution >= 4 is 33.4 Å². The van der Waals surface area contributed by atoms with Gasteiger partial charge in [-0.2, -0.15) is 9.29 Å². The Morgan fingerprint density at radius 2 is 1.40 bits per heavy atom. The molecule has 0 saturated carbocycles. The first kappa shape index (κ1) is 64.7. The van der Waals surface area contributed by atoms with Crippen LogP contribution in [0.5, 0.6) is 0 Å². The second-order valence-corrected chi connectivity index (χ2v) is 19.8. The van der Waals surface area contributed by atoms with Crippen LogP contribution in [-0.2, 0) is 46.3 Å². The van der Waals surface area contributed by atoms with E-state index in [0.29, 0.717) is 25.7 Å². The van der Waals surface area contributed by atoms with E-state index in [1.807, 2.05) is 31.2 Å². The monoisotopic (exact) mass is 1070 g/mol. The number of esters is 2. The van der Waals surface area contributed by atoms with E-state index in [1.54, 1.807) is 36.5 Å². The summed E-state index contributed by atoms with van der Waals surface area (Å²) in [6.45, 7) is 1.53. The van der Waals surface area contributed by atoms with Gasteiger partial charge in [0.25, 0.3) is 0 Å². The lowest BCUT2D eigenvalue weighted by atomic mass is 10.1. The van der Waals surface area contributed by atoms with Crippen molar-refractivity contribution in [2.45, 2.75) is 159 Å². The molecule has 23 heteroatoms. The van der Waals surface area contributed by atoms with Crippen LogP contribution in [0.25, 0.3) is 0 Å². The first-order valence-electron chi connectivity index (χ1n) is 24.6. The van der Waals surface area contributed by atoms with Crippen LogP contribution in [0.3, 0.4) is 0 Å². The van der Waals surface area contributed by atoms with Gasteiger partial charge in [0.05, 0.1) is 31.5 Å². The normalized spacial score (nSPS) is 21.1. The molecule has 410 valence electrons. The van der Waals surface area contributed by atoms with Crippen molar-refractivity contribution < 1.29 is 81.6 Å². The molecule has 0 amide bonds. The number of aromatic nitrogens is 2. The largest absolute Gasteiger partial charge is 0.481 e. The number of aliphatic hydroxyl groups is 5. The second kappa shape index (κ2) is 37.3. The smallest absolute Gasteiger partial charge is 0.462 e. The third-order valence-electron chi connectivity index (χ3n) is 10.5. The number of nitrogens with two attached hydrogens (primary N) is 1. The maximum Gasteiger partial charge on any atom is 0.481 e. The molecular formula is C50H77N3O18P2. The molecule has 2 heterocycles. The number of unbranched alkanes of at least 4 members (excludes halogenated alkanes) is 5. The predicted octanol–water partition coefficient (Wildman–Crippen LogP) is 6.57. The molecule has 1 aliphatic heterocycles. The lowest BCUT2D eigenvalue weighted by Crippen LogP contribution is -2.36. The van der Waals surface area contributed by atoms with E-state index in [0.717, 1.165) is 36.4 Å². The number of aliphatic hydroxyl groups excluding tert-OH is 5. The third kappa shape index (κ3) is 29.9. The molecule has 0 aromatic carbocycles. The minimum absolute atomic E-state index is 0.00351. The van der Waals surface area contributed by atoms with Gasteiger partial charge in [0.1, 0.15) is 30.7 Å². The number of ether oxygens (including phenoxy) is 3. The molecule has 2 unspecified atom stereocenters. The number of nitrogens with zero attached hydrogens (tertiary/aromatic N) is 2. The first-order valence-corrected chi connectivity index (χ1v) is 27.6. The van der Waals surface area contributed by atoms with Gasteiger partial charge >= 0.3 is 33.3 Å². The molecule has 9 N–H and O–H groups in total. The highest BCUT2D eigenvalue weighted by atomic mass is 31.3. The highest BCUT2D eigenvalue weighted by Gasteiger charge is 2.46. The van der Waals surface area contributed by atoms with E-state index >= 15 is 0 Å². The molecular weight excluding hydrogens is 993 g/mol. The quantitative estimate of drug-likeness (QED) is 0.0114. The molecule has 2 rings (SSSR count). The average molecular weight is 1070 g/mol. The van der Waals surface area contributed by atoms with Crippen molar-refractivity contribution in [2.24, 2.45) is 0 Å². The summed E-state index contributed by atoms with van der Waals surface area (Å²) in [5, 5.41) is 51.5. The molecule has 1 fully saturated rings. The van der Waals surface area contributed by atoms with Gasteiger partial charge in [-0.3, -0.25) is 23.2 Å². The first-order chi connectivity index (χ1) is 34.9. The van der Waals surface area contributed by atoms with Gasteiger partial charge in [0, 0.05) is 19.0 Å². The van der Waals surface area contributed by atoms with Crippen molar-refractivity contribution in [1.29, 1.82) is 0 Å². The zero-order valence-corrected chi connectivity index (χ0v) is 43.5. The van der Waals surface area contributed by atoms with Crippen LogP contribution >= 0.6 is 15.6 Å². The Morgan fingerprint density at radius 3 is 2.05 bits per heavy atom. The number of hydrogen-bond acceptors (Lipinski definition) is 18. The molecule has 0 spiro atoms. The van der Waals surface area contributed by atoms with Gasteiger partial charge in [0.15, 0.2) is 12.3 Å². The Hall–Kier alpha value is -4.44. The average Bonchev–Trinajstić information content (AvgIpc) is 3.62. The number of rotatable bonds is 38. The van der Waals surface area contributed by atoms with Crippen molar-refractivity contribution in [3.63, 3.8) is 0 Å². The van der Waals surface area contributed by atoms with Gasteiger partial charge in [-0.05, 0) is 76.7 Å². The lowest BCUT2D eigenvalue weighted by molar-refractivity contribution is -0.161. The van der Waals surface area contributed by atoms with E-state index < -0.39 is 102 Å². The molecule has 1 aliphatic rings. The summed E-state index contributed by atoms with van der Waals surface area (Å²) >= 11 is 0. The number of allylic oxidation sites excluding steroid dienone is 13. The minimum Gasteiger partial charge on any atom is -0.462 e. The van der Waals surface area contributed by atoms with E-state index in [2.05, 4.69) is 40.5 Å². The summed E-state index contributed by atoms with van der Waals surface area (Å²) in [5.41, 5.74) is 4.54. The van der Waals surface area contributed by atoms with E-state index in [9.17, 15) is 58.8 Å². The Labute approximate surface area is 428 Å². The number of phosphoric acid groups is 2. The van der Waals surface area contributed by atoms with Crippen molar-refractivity contribution in [3.8, 4) is 0 Å². The molecule has 1 saturated heterocycles.